The van der Waals surface area contributed by atoms with Crippen LogP contribution in [0.2, 0.25) is 0 Å². The van der Waals surface area contributed by atoms with E-state index >= 15 is 0 Å². The molecule has 35 heavy (non-hydrogen) atoms. The maximum atomic E-state index is 13.2. The van der Waals surface area contributed by atoms with Crippen LogP contribution in [0.5, 0.6) is 17.2 Å². The van der Waals surface area contributed by atoms with Crippen LogP contribution in [0.4, 0.5) is 9.52 Å². The Morgan fingerprint density at radius 1 is 1.00 bits per heavy atom. The second-order valence-corrected chi connectivity index (χ2v) is 8.40. The van der Waals surface area contributed by atoms with E-state index in [-0.39, 0.29) is 24.8 Å². The van der Waals surface area contributed by atoms with E-state index in [2.05, 4.69) is 15.5 Å². The average molecular weight is 503 g/mol. The van der Waals surface area contributed by atoms with E-state index in [1.54, 1.807) is 17.0 Å². The summed E-state index contributed by atoms with van der Waals surface area (Å²) in [5.41, 5.74) is 1.07. The first-order valence-electron chi connectivity index (χ1n) is 10.9. The highest BCUT2D eigenvalue weighted by Crippen LogP contribution is 2.42. The molecule has 0 fully saturated rings. The molecule has 11 heteroatoms. The number of carbonyl (C=O) groups excluding carboxylic acids is 2. The zero-order valence-electron chi connectivity index (χ0n) is 20.0. The van der Waals surface area contributed by atoms with Crippen LogP contribution in [-0.4, -0.2) is 61.3 Å². The van der Waals surface area contributed by atoms with Gasteiger partial charge in [-0.1, -0.05) is 18.3 Å². The third-order valence-electron chi connectivity index (χ3n) is 5.06. The molecule has 1 heterocycles. The van der Waals surface area contributed by atoms with Crippen molar-refractivity contribution in [3.8, 4) is 27.8 Å². The van der Waals surface area contributed by atoms with E-state index in [9.17, 15) is 14.0 Å². The fraction of sp³-hybridized carbons (Fsp3) is 0.333. The molecule has 0 saturated heterocycles. The first-order valence-corrected chi connectivity index (χ1v) is 11.7. The number of rotatable bonds is 11. The molecule has 1 aromatic heterocycles. The number of methoxy groups -OCH3 is 3. The minimum absolute atomic E-state index is 0.0754. The molecule has 0 atom stereocenters. The SMILES string of the molecule is CCCN(CCC(=O)Nc1nnc(-c2cc(OC)c(OC)c(OC)c2)s1)C(=O)c1ccc(F)cc1. The fourth-order valence-corrected chi connectivity index (χ4v) is 4.12. The quantitative estimate of drug-likeness (QED) is 0.418. The number of aromatic nitrogens is 2. The molecule has 0 saturated carbocycles. The lowest BCUT2D eigenvalue weighted by Crippen LogP contribution is -2.34. The van der Waals surface area contributed by atoms with Crippen LogP contribution in [0.1, 0.15) is 30.1 Å². The lowest BCUT2D eigenvalue weighted by Gasteiger charge is -2.22. The topological polar surface area (TPSA) is 103 Å². The van der Waals surface area contributed by atoms with E-state index in [1.807, 2.05) is 6.92 Å². The fourth-order valence-electron chi connectivity index (χ4n) is 3.37. The molecule has 3 rings (SSSR count). The highest BCUT2D eigenvalue weighted by Gasteiger charge is 2.19. The van der Waals surface area contributed by atoms with E-state index in [0.717, 1.165) is 6.42 Å². The Kier molecular flexibility index (Phi) is 8.96. The largest absolute Gasteiger partial charge is 0.493 e. The molecule has 0 bridgehead atoms. The Morgan fingerprint density at radius 2 is 1.66 bits per heavy atom. The van der Waals surface area contributed by atoms with Crippen molar-refractivity contribution in [3.05, 3.63) is 47.8 Å². The number of hydrogen-bond donors (Lipinski definition) is 1. The average Bonchev–Trinajstić information content (AvgIpc) is 3.33. The monoisotopic (exact) mass is 502 g/mol. The summed E-state index contributed by atoms with van der Waals surface area (Å²) < 4.78 is 29.3. The molecule has 2 aromatic carbocycles. The normalized spacial score (nSPS) is 10.5. The van der Waals surface area contributed by atoms with Gasteiger partial charge in [0.15, 0.2) is 11.5 Å². The number of halogens is 1. The Balaban J connectivity index is 1.65. The predicted octanol–water partition coefficient (Wildman–Crippen LogP) is 4.25. The lowest BCUT2D eigenvalue weighted by atomic mass is 10.2. The summed E-state index contributed by atoms with van der Waals surface area (Å²) in [6.07, 6.45) is 0.801. The van der Waals surface area contributed by atoms with Crippen molar-refractivity contribution in [2.45, 2.75) is 19.8 Å². The van der Waals surface area contributed by atoms with Crippen LogP contribution in [0, 0.1) is 5.82 Å². The van der Waals surface area contributed by atoms with Gasteiger partial charge in [-0.3, -0.25) is 9.59 Å². The van der Waals surface area contributed by atoms with Crippen molar-refractivity contribution >= 4 is 28.3 Å². The van der Waals surface area contributed by atoms with Gasteiger partial charge in [-0.05, 0) is 42.8 Å². The molecule has 2 amide bonds. The summed E-state index contributed by atoms with van der Waals surface area (Å²) in [5, 5.41) is 11.8. The van der Waals surface area contributed by atoms with Crippen LogP contribution in [0.25, 0.3) is 10.6 Å². The second-order valence-electron chi connectivity index (χ2n) is 7.42. The van der Waals surface area contributed by atoms with Crippen molar-refractivity contribution in [1.29, 1.82) is 0 Å². The number of hydrogen-bond acceptors (Lipinski definition) is 8. The smallest absolute Gasteiger partial charge is 0.253 e. The highest BCUT2D eigenvalue weighted by atomic mass is 32.1. The number of anilines is 1. The molecule has 0 unspecified atom stereocenters. The standard InChI is InChI=1S/C24H27FN4O5S/c1-5-11-29(23(31)15-6-8-17(25)9-7-15)12-10-20(30)26-24-28-27-22(35-24)16-13-18(32-2)21(34-4)19(14-16)33-3/h6-9,13-14H,5,10-12H2,1-4H3,(H,26,28,30). The molecule has 0 aliphatic carbocycles. The third kappa shape index (κ3) is 6.44. The third-order valence-corrected chi connectivity index (χ3v) is 5.95. The summed E-state index contributed by atoms with van der Waals surface area (Å²) in [4.78, 5) is 26.9. The number of amides is 2. The summed E-state index contributed by atoms with van der Waals surface area (Å²) in [6, 6.07) is 8.85. The lowest BCUT2D eigenvalue weighted by molar-refractivity contribution is -0.116. The van der Waals surface area contributed by atoms with Crippen molar-refractivity contribution in [3.63, 3.8) is 0 Å². The molecular formula is C24H27FN4O5S. The van der Waals surface area contributed by atoms with E-state index < -0.39 is 5.82 Å². The Labute approximate surface area is 206 Å². The maximum absolute atomic E-state index is 13.2. The van der Waals surface area contributed by atoms with Crippen molar-refractivity contribution in [1.82, 2.24) is 15.1 Å². The van der Waals surface area contributed by atoms with Gasteiger partial charge in [0.25, 0.3) is 5.91 Å². The molecule has 3 aromatic rings. The molecule has 0 spiro atoms. The number of nitrogens with one attached hydrogen (secondary N) is 1. The number of benzene rings is 2. The molecular weight excluding hydrogens is 475 g/mol. The van der Waals surface area contributed by atoms with E-state index in [1.165, 1.54) is 56.9 Å². The van der Waals surface area contributed by atoms with Gasteiger partial charge >= 0.3 is 0 Å². The van der Waals surface area contributed by atoms with Gasteiger partial charge in [-0.2, -0.15) is 0 Å². The van der Waals surface area contributed by atoms with Crippen LogP contribution in [0.15, 0.2) is 36.4 Å². The Hall–Kier alpha value is -3.73. The first kappa shape index (κ1) is 25.9. The summed E-state index contributed by atoms with van der Waals surface area (Å²) >= 11 is 1.19. The maximum Gasteiger partial charge on any atom is 0.253 e. The summed E-state index contributed by atoms with van der Waals surface area (Å²) in [5.74, 6) is 0.453. The molecule has 0 radical (unpaired) electrons. The van der Waals surface area contributed by atoms with Gasteiger partial charge in [0.05, 0.1) is 21.3 Å². The Bertz CT molecular complexity index is 1140. The van der Waals surface area contributed by atoms with Gasteiger partial charge in [-0.15, -0.1) is 10.2 Å². The van der Waals surface area contributed by atoms with Crippen molar-refractivity contribution in [2.75, 3.05) is 39.7 Å². The summed E-state index contributed by atoms with van der Waals surface area (Å²) in [6.45, 7) is 2.64. The van der Waals surface area contributed by atoms with Crippen LogP contribution in [0.3, 0.4) is 0 Å². The molecule has 9 nitrogen and oxygen atoms in total. The second kappa shape index (κ2) is 12.1. The zero-order valence-corrected chi connectivity index (χ0v) is 20.8. The van der Waals surface area contributed by atoms with Gasteiger partial charge in [0.1, 0.15) is 10.8 Å². The van der Waals surface area contributed by atoms with Crippen molar-refractivity contribution < 1.29 is 28.2 Å². The van der Waals surface area contributed by atoms with Crippen LogP contribution >= 0.6 is 11.3 Å². The number of nitrogens with zero attached hydrogens (tertiary/aromatic N) is 3. The number of carbonyl (C=O) groups is 2. The summed E-state index contributed by atoms with van der Waals surface area (Å²) in [7, 11) is 4.57. The minimum atomic E-state index is -0.411. The van der Waals surface area contributed by atoms with Gasteiger partial charge in [-0.25, -0.2) is 4.39 Å². The van der Waals surface area contributed by atoms with E-state index in [0.29, 0.717) is 45.1 Å². The predicted molar refractivity (Wildman–Crippen MR) is 131 cm³/mol. The first-order chi connectivity index (χ1) is 16.9. The van der Waals surface area contributed by atoms with E-state index in [4.69, 9.17) is 14.2 Å². The molecule has 0 aliphatic heterocycles. The Morgan fingerprint density at radius 3 is 2.23 bits per heavy atom. The highest BCUT2D eigenvalue weighted by molar-refractivity contribution is 7.18. The molecule has 1 N–H and O–H groups in total. The van der Waals surface area contributed by atoms with Gasteiger partial charge in [0.2, 0.25) is 16.8 Å². The minimum Gasteiger partial charge on any atom is -0.493 e. The van der Waals surface area contributed by atoms with Crippen LogP contribution < -0.4 is 19.5 Å². The molecule has 0 aliphatic rings. The van der Waals surface area contributed by atoms with Crippen molar-refractivity contribution in [2.24, 2.45) is 0 Å². The zero-order chi connectivity index (χ0) is 25.4. The van der Waals surface area contributed by atoms with Gasteiger partial charge in [0, 0.05) is 30.6 Å². The number of ether oxygens (including phenoxy) is 3. The molecule has 186 valence electrons. The van der Waals surface area contributed by atoms with Crippen LogP contribution in [-0.2, 0) is 4.79 Å². The van der Waals surface area contributed by atoms with Gasteiger partial charge < -0.3 is 24.4 Å².